The molecular weight excluding hydrogens is 400 g/mol. The van der Waals surface area contributed by atoms with E-state index in [1.54, 1.807) is 0 Å². The Morgan fingerprint density at radius 2 is 1.83 bits per heavy atom. The summed E-state index contributed by atoms with van der Waals surface area (Å²) in [7, 11) is 0. The highest BCUT2D eigenvalue weighted by atomic mass is 32.2. The molecule has 0 saturated carbocycles. The number of fused-ring (bicyclic) bond motifs is 2. The van der Waals surface area contributed by atoms with Crippen LogP contribution in [0.5, 0.6) is 11.5 Å². The standard InChI is InChI=1S/C22H24N4O3S/c27-21(15-30-22-23-17-3-1-2-4-18(17)24-22)26-9-7-25(8-10-26)14-16-5-6-19-20(13-16)29-12-11-28-19/h1-6,13H,7-12,14-15H2,(H,23,24). The van der Waals surface area contributed by atoms with Gasteiger partial charge in [0.05, 0.1) is 16.8 Å². The number of amides is 1. The van der Waals surface area contributed by atoms with Gasteiger partial charge in [-0.05, 0) is 29.8 Å². The molecule has 7 nitrogen and oxygen atoms in total. The fourth-order valence-electron chi connectivity index (χ4n) is 3.82. The molecule has 0 atom stereocenters. The van der Waals surface area contributed by atoms with Gasteiger partial charge in [-0.2, -0.15) is 0 Å². The molecule has 8 heteroatoms. The Hall–Kier alpha value is -2.71. The third-order valence-corrected chi connectivity index (χ3v) is 6.30. The number of hydrogen-bond donors (Lipinski definition) is 1. The van der Waals surface area contributed by atoms with E-state index in [1.165, 1.54) is 17.3 Å². The first-order valence-electron chi connectivity index (χ1n) is 10.2. The Balaban J connectivity index is 1.10. The zero-order chi connectivity index (χ0) is 20.3. The van der Waals surface area contributed by atoms with Crippen molar-refractivity contribution < 1.29 is 14.3 Å². The van der Waals surface area contributed by atoms with Crippen LogP contribution in [0, 0.1) is 0 Å². The zero-order valence-electron chi connectivity index (χ0n) is 16.7. The number of carbonyl (C=O) groups excluding carboxylic acids is 1. The highest BCUT2D eigenvalue weighted by Gasteiger charge is 2.22. The van der Waals surface area contributed by atoms with Crippen LogP contribution in [0.15, 0.2) is 47.6 Å². The zero-order valence-corrected chi connectivity index (χ0v) is 17.5. The van der Waals surface area contributed by atoms with Crippen molar-refractivity contribution in [3.63, 3.8) is 0 Å². The van der Waals surface area contributed by atoms with Gasteiger partial charge in [-0.3, -0.25) is 9.69 Å². The lowest BCUT2D eigenvalue weighted by atomic mass is 10.1. The summed E-state index contributed by atoms with van der Waals surface area (Å²) in [5, 5.41) is 0.793. The van der Waals surface area contributed by atoms with Crippen LogP contribution in [-0.4, -0.2) is 70.8 Å². The number of H-pyrrole nitrogens is 1. The Labute approximate surface area is 179 Å². The lowest BCUT2D eigenvalue weighted by Crippen LogP contribution is -2.48. The number of ether oxygens (including phenoxy) is 2. The van der Waals surface area contributed by atoms with E-state index >= 15 is 0 Å². The van der Waals surface area contributed by atoms with Crippen molar-refractivity contribution in [3.8, 4) is 11.5 Å². The maximum atomic E-state index is 12.6. The monoisotopic (exact) mass is 424 g/mol. The Bertz CT molecular complexity index is 1010. The smallest absolute Gasteiger partial charge is 0.233 e. The number of para-hydroxylation sites is 2. The van der Waals surface area contributed by atoms with Gasteiger partial charge in [-0.15, -0.1) is 0 Å². The van der Waals surface area contributed by atoms with Crippen molar-refractivity contribution >= 4 is 28.7 Å². The van der Waals surface area contributed by atoms with Crippen molar-refractivity contribution in [2.24, 2.45) is 0 Å². The van der Waals surface area contributed by atoms with Gasteiger partial charge in [0.2, 0.25) is 5.91 Å². The summed E-state index contributed by atoms with van der Waals surface area (Å²) in [6, 6.07) is 14.1. The normalized spacial score (nSPS) is 16.7. The fourth-order valence-corrected chi connectivity index (χ4v) is 4.61. The number of nitrogens with one attached hydrogen (secondary N) is 1. The predicted molar refractivity (Wildman–Crippen MR) is 116 cm³/mol. The van der Waals surface area contributed by atoms with E-state index in [0.717, 1.165) is 60.4 Å². The molecule has 1 fully saturated rings. The second-order valence-electron chi connectivity index (χ2n) is 7.48. The Morgan fingerprint density at radius 1 is 1.03 bits per heavy atom. The van der Waals surface area contributed by atoms with Gasteiger partial charge in [-0.25, -0.2) is 4.98 Å². The number of aromatic amines is 1. The predicted octanol–water partition coefficient (Wildman–Crippen LogP) is 2.77. The molecule has 2 aliphatic heterocycles. The number of benzene rings is 2. The highest BCUT2D eigenvalue weighted by molar-refractivity contribution is 7.99. The summed E-state index contributed by atoms with van der Waals surface area (Å²) in [4.78, 5) is 24.7. The van der Waals surface area contributed by atoms with Gasteiger partial charge in [0.1, 0.15) is 13.2 Å². The molecule has 1 saturated heterocycles. The number of imidazole rings is 1. The van der Waals surface area contributed by atoms with Crippen molar-refractivity contribution in [2.45, 2.75) is 11.7 Å². The quantitative estimate of drug-likeness (QED) is 0.635. The van der Waals surface area contributed by atoms with E-state index in [4.69, 9.17) is 9.47 Å². The van der Waals surface area contributed by atoms with Crippen molar-refractivity contribution in [1.29, 1.82) is 0 Å². The van der Waals surface area contributed by atoms with Crippen LogP contribution in [0.2, 0.25) is 0 Å². The molecule has 5 rings (SSSR count). The number of thioether (sulfide) groups is 1. The second kappa shape index (κ2) is 8.57. The molecule has 0 aliphatic carbocycles. The van der Waals surface area contributed by atoms with Crippen molar-refractivity contribution in [2.75, 3.05) is 45.1 Å². The van der Waals surface area contributed by atoms with Crippen LogP contribution < -0.4 is 9.47 Å². The largest absolute Gasteiger partial charge is 0.486 e. The molecule has 156 valence electrons. The first-order valence-corrected chi connectivity index (χ1v) is 11.2. The van der Waals surface area contributed by atoms with Gasteiger partial charge < -0.3 is 19.4 Å². The Morgan fingerprint density at radius 3 is 2.67 bits per heavy atom. The number of hydrogen-bond acceptors (Lipinski definition) is 6. The third-order valence-electron chi connectivity index (χ3n) is 5.44. The van der Waals surface area contributed by atoms with Crippen LogP contribution in [-0.2, 0) is 11.3 Å². The highest BCUT2D eigenvalue weighted by Crippen LogP contribution is 2.31. The van der Waals surface area contributed by atoms with Crippen LogP contribution in [0.3, 0.4) is 0 Å². The molecule has 3 heterocycles. The number of nitrogens with zero attached hydrogens (tertiary/aromatic N) is 3. The van der Waals surface area contributed by atoms with E-state index in [0.29, 0.717) is 19.0 Å². The number of rotatable bonds is 5. The van der Waals surface area contributed by atoms with Gasteiger partial charge in [-0.1, -0.05) is 30.0 Å². The molecule has 2 aliphatic rings. The minimum absolute atomic E-state index is 0.166. The number of aromatic nitrogens is 2. The van der Waals surface area contributed by atoms with Crippen LogP contribution in [0.4, 0.5) is 0 Å². The van der Waals surface area contributed by atoms with Gasteiger partial charge in [0.15, 0.2) is 16.7 Å². The van der Waals surface area contributed by atoms with Crippen molar-refractivity contribution in [1.82, 2.24) is 19.8 Å². The molecule has 1 N–H and O–H groups in total. The SMILES string of the molecule is O=C(CSc1nc2ccccc2[nH]1)N1CCN(Cc2ccc3c(c2)OCCO3)CC1. The fraction of sp³-hybridized carbons (Fsp3) is 0.364. The number of carbonyl (C=O) groups is 1. The second-order valence-corrected chi connectivity index (χ2v) is 8.45. The summed E-state index contributed by atoms with van der Waals surface area (Å²) < 4.78 is 11.3. The Kier molecular flexibility index (Phi) is 5.50. The molecule has 30 heavy (non-hydrogen) atoms. The molecule has 2 aromatic carbocycles. The van der Waals surface area contributed by atoms with Gasteiger partial charge in [0.25, 0.3) is 0 Å². The third kappa shape index (κ3) is 4.24. The molecule has 3 aromatic rings. The minimum Gasteiger partial charge on any atom is -0.486 e. The summed E-state index contributed by atoms with van der Waals surface area (Å²) in [5.41, 5.74) is 3.14. The minimum atomic E-state index is 0.166. The molecular formula is C22H24N4O3S. The molecule has 0 spiro atoms. The van der Waals surface area contributed by atoms with Crippen LogP contribution in [0.25, 0.3) is 11.0 Å². The van der Waals surface area contributed by atoms with E-state index in [1.807, 2.05) is 35.2 Å². The topological polar surface area (TPSA) is 70.7 Å². The average Bonchev–Trinajstić information content (AvgIpc) is 3.21. The maximum absolute atomic E-state index is 12.6. The molecule has 1 amide bonds. The molecule has 0 bridgehead atoms. The van der Waals surface area contributed by atoms with Gasteiger partial charge in [0, 0.05) is 32.7 Å². The van der Waals surface area contributed by atoms with E-state index in [2.05, 4.69) is 27.0 Å². The van der Waals surface area contributed by atoms with Crippen LogP contribution in [0.1, 0.15) is 5.56 Å². The first-order chi connectivity index (χ1) is 14.7. The molecule has 0 unspecified atom stereocenters. The summed E-state index contributed by atoms with van der Waals surface area (Å²) >= 11 is 1.47. The lowest BCUT2D eigenvalue weighted by molar-refractivity contribution is -0.130. The first kappa shape index (κ1) is 19.3. The summed E-state index contributed by atoms with van der Waals surface area (Å²) in [5.74, 6) is 2.22. The summed E-state index contributed by atoms with van der Waals surface area (Å²) in [6.45, 7) is 5.31. The van der Waals surface area contributed by atoms with Crippen molar-refractivity contribution in [3.05, 3.63) is 48.0 Å². The maximum Gasteiger partial charge on any atom is 0.233 e. The van der Waals surface area contributed by atoms with E-state index < -0.39 is 0 Å². The van der Waals surface area contributed by atoms with E-state index in [9.17, 15) is 4.79 Å². The summed E-state index contributed by atoms with van der Waals surface area (Å²) in [6.07, 6.45) is 0. The molecule has 0 radical (unpaired) electrons. The lowest BCUT2D eigenvalue weighted by Gasteiger charge is -2.34. The molecule has 1 aromatic heterocycles. The van der Waals surface area contributed by atoms with Gasteiger partial charge >= 0.3 is 0 Å². The number of piperazine rings is 1. The van der Waals surface area contributed by atoms with E-state index in [-0.39, 0.29) is 5.91 Å². The van der Waals surface area contributed by atoms with Crippen LogP contribution >= 0.6 is 11.8 Å². The average molecular weight is 425 g/mol.